The van der Waals surface area contributed by atoms with Crippen LogP contribution in [-0.4, -0.2) is 54.0 Å². The summed E-state index contributed by atoms with van der Waals surface area (Å²) in [5, 5.41) is 6.14. The van der Waals surface area contributed by atoms with Crippen molar-refractivity contribution in [3.05, 3.63) is 110 Å². The van der Waals surface area contributed by atoms with Gasteiger partial charge in [0.25, 0.3) is 11.5 Å². The van der Waals surface area contributed by atoms with Gasteiger partial charge in [0.15, 0.2) is 0 Å². The van der Waals surface area contributed by atoms with Crippen LogP contribution >= 0.6 is 11.3 Å². The molecule has 0 atom stereocenters. The molecule has 3 heterocycles. The fraction of sp³-hybridized carbons (Fsp3) is 0.342. The van der Waals surface area contributed by atoms with E-state index in [1.54, 1.807) is 23.0 Å². The molecule has 2 amide bonds. The van der Waals surface area contributed by atoms with Crippen molar-refractivity contribution >= 4 is 40.2 Å². The second kappa shape index (κ2) is 14.1. The number of anilines is 3. The highest BCUT2D eigenvalue weighted by atomic mass is 32.1. The van der Waals surface area contributed by atoms with Gasteiger partial charge in [-0.15, -0.1) is 11.3 Å². The SMILES string of the molecule is C=CC(=O)Nc1cc(Cc2cc(-c3cccc(NC(=O)c4cc5c(s4)CCCC5)c3C)cn(C)c2=O)ccc1N1CCN(CC)CC1. The van der Waals surface area contributed by atoms with Crippen molar-refractivity contribution in [2.24, 2.45) is 7.05 Å². The van der Waals surface area contributed by atoms with Crippen molar-refractivity contribution in [2.45, 2.75) is 46.0 Å². The van der Waals surface area contributed by atoms with Crippen LogP contribution in [0.5, 0.6) is 0 Å². The summed E-state index contributed by atoms with van der Waals surface area (Å²) in [7, 11) is 1.77. The number of likely N-dealkylation sites (N-methyl/N-ethyl adjacent to an activating group) is 1. The largest absolute Gasteiger partial charge is 0.367 e. The van der Waals surface area contributed by atoms with Gasteiger partial charge in [0.2, 0.25) is 5.91 Å². The number of pyridine rings is 1. The molecular weight excluding hydrogens is 607 g/mol. The Bertz CT molecular complexity index is 1860. The maximum atomic E-state index is 13.4. The number of hydrogen-bond acceptors (Lipinski definition) is 6. The summed E-state index contributed by atoms with van der Waals surface area (Å²) in [6.07, 6.45) is 8.00. The van der Waals surface area contributed by atoms with E-state index in [0.717, 1.165) is 89.8 Å². The molecule has 6 rings (SSSR count). The number of hydrogen-bond donors (Lipinski definition) is 2. The lowest BCUT2D eigenvalue weighted by Crippen LogP contribution is -2.46. The summed E-state index contributed by atoms with van der Waals surface area (Å²) < 4.78 is 1.62. The average molecular weight is 650 g/mol. The van der Waals surface area contributed by atoms with Crippen LogP contribution in [0.1, 0.15) is 56.6 Å². The lowest BCUT2D eigenvalue weighted by atomic mass is 9.97. The number of benzene rings is 2. The van der Waals surface area contributed by atoms with E-state index in [2.05, 4.69) is 40.0 Å². The molecule has 2 aromatic carbocycles. The number of carbonyl (C=O) groups excluding carboxylic acids is 2. The zero-order valence-corrected chi connectivity index (χ0v) is 28.3. The van der Waals surface area contributed by atoms with E-state index in [4.69, 9.17) is 0 Å². The van der Waals surface area contributed by atoms with Gasteiger partial charge in [-0.2, -0.15) is 0 Å². The molecule has 2 aromatic heterocycles. The number of thiophene rings is 1. The van der Waals surface area contributed by atoms with Gasteiger partial charge < -0.3 is 25.0 Å². The van der Waals surface area contributed by atoms with Crippen LogP contribution in [0.2, 0.25) is 0 Å². The maximum Gasteiger partial charge on any atom is 0.265 e. The van der Waals surface area contributed by atoms with Crippen molar-refractivity contribution in [2.75, 3.05) is 48.3 Å². The van der Waals surface area contributed by atoms with Crippen LogP contribution < -0.4 is 21.1 Å². The van der Waals surface area contributed by atoms with Gasteiger partial charge in [0, 0.05) is 62.0 Å². The molecule has 244 valence electrons. The summed E-state index contributed by atoms with van der Waals surface area (Å²) in [6, 6.07) is 16.0. The molecule has 1 aliphatic heterocycles. The summed E-state index contributed by atoms with van der Waals surface area (Å²) in [5.74, 6) is -0.351. The first-order valence-electron chi connectivity index (χ1n) is 16.5. The van der Waals surface area contributed by atoms with Gasteiger partial charge in [0.05, 0.1) is 16.3 Å². The molecule has 8 nitrogen and oxygen atoms in total. The molecule has 1 saturated heterocycles. The Kier molecular flexibility index (Phi) is 9.75. The first-order chi connectivity index (χ1) is 22.7. The predicted molar refractivity (Wildman–Crippen MR) is 193 cm³/mol. The van der Waals surface area contributed by atoms with E-state index in [1.807, 2.05) is 55.6 Å². The number of aryl methyl sites for hydroxylation is 3. The summed E-state index contributed by atoms with van der Waals surface area (Å²) in [5.41, 5.74) is 8.04. The third-order valence-electron chi connectivity index (χ3n) is 9.43. The van der Waals surface area contributed by atoms with Gasteiger partial charge in [-0.05, 0) is 103 Å². The minimum atomic E-state index is -0.269. The van der Waals surface area contributed by atoms with Gasteiger partial charge in [-0.3, -0.25) is 14.4 Å². The minimum Gasteiger partial charge on any atom is -0.367 e. The van der Waals surface area contributed by atoms with Gasteiger partial charge in [-0.25, -0.2) is 0 Å². The first-order valence-corrected chi connectivity index (χ1v) is 17.3. The van der Waals surface area contributed by atoms with Gasteiger partial charge >= 0.3 is 0 Å². The van der Waals surface area contributed by atoms with E-state index >= 15 is 0 Å². The molecule has 47 heavy (non-hydrogen) atoms. The first kappa shape index (κ1) is 32.5. The summed E-state index contributed by atoms with van der Waals surface area (Å²) >= 11 is 1.61. The Morgan fingerprint density at radius 2 is 1.77 bits per heavy atom. The number of rotatable bonds is 9. The normalized spacial score (nSPS) is 14.8. The van der Waals surface area contributed by atoms with Crippen LogP contribution in [0.15, 0.2) is 72.2 Å². The number of nitrogens with one attached hydrogen (secondary N) is 2. The third-order valence-corrected chi connectivity index (χ3v) is 10.7. The fourth-order valence-corrected chi connectivity index (χ4v) is 7.85. The molecule has 1 fully saturated rings. The maximum absolute atomic E-state index is 13.4. The Morgan fingerprint density at radius 3 is 2.51 bits per heavy atom. The Labute approximate surface area is 280 Å². The van der Waals surface area contributed by atoms with E-state index in [-0.39, 0.29) is 17.4 Å². The third kappa shape index (κ3) is 7.11. The number of amides is 2. The van der Waals surface area contributed by atoms with Crippen LogP contribution in [0, 0.1) is 6.92 Å². The molecule has 4 aromatic rings. The molecular formula is C38H43N5O3S. The van der Waals surface area contributed by atoms with Crippen molar-refractivity contribution in [3.8, 4) is 11.1 Å². The highest BCUT2D eigenvalue weighted by Gasteiger charge is 2.21. The Balaban J connectivity index is 1.26. The highest BCUT2D eigenvalue weighted by Crippen LogP contribution is 2.33. The molecule has 1 aliphatic carbocycles. The zero-order valence-electron chi connectivity index (χ0n) is 27.5. The second-order valence-electron chi connectivity index (χ2n) is 12.5. The fourth-order valence-electron chi connectivity index (χ4n) is 6.70. The summed E-state index contributed by atoms with van der Waals surface area (Å²) in [6.45, 7) is 12.5. The van der Waals surface area contributed by atoms with Crippen molar-refractivity contribution in [1.29, 1.82) is 0 Å². The lowest BCUT2D eigenvalue weighted by molar-refractivity contribution is -0.111. The van der Waals surface area contributed by atoms with Crippen LogP contribution in [0.3, 0.4) is 0 Å². The number of fused-ring (bicyclic) bond motifs is 1. The quantitative estimate of drug-likeness (QED) is 0.205. The van der Waals surface area contributed by atoms with E-state index in [9.17, 15) is 14.4 Å². The monoisotopic (exact) mass is 649 g/mol. The summed E-state index contributed by atoms with van der Waals surface area (Å²) in [4.78, 5) is 45.9. The average Bonchev–Trinajstić information content (AvgIpc) is 3.53. The number of aromatic nitrogens is 1. The van der Waals surface area contributed by atoms with Gasteiger partial charge in [-0.1, -0.05) is 31.7 Å². The molecule has 0 unspecified atom stereocenters. The van der Waals surface area contributed by atoms with E-state index < -0.39 is 0 Å². The minimum absolute atomic E-state index is 0.0750. The van der Waals surface area contributed by atoms with Crippen molar-refractivity contribution in [1.82, 2.24) is 9.47 Å². The molecule has 9 heteroatoms. The molecule has 2 N–H and O–H groups in total. The molecule has 0 bridgehead atoms. The number of nitrogens with zero attached hydrogens (tertiary/aromatic N) is 3. The van der Waals surface area contributed by atoms with Crippen molar-refractivity contribution < 1.29 is 9.59 Å². The molecule has 0 spiro atoms. The second-order valence-corrected chi connectivity index (χ2v) is 13.6. The predicted octanol–water partition coefficient (Wildman–Crippen LogP) is 6.41. The molecule has 0 saturated carbocycles. The van der Waals surface area contributed by atoms with Crippen LogP contribution in [0.4, 0.5) is 17.1 Å². The number of carbonyl (C=O) groups is 2. The van der Waals surface area contributed by atoms with Crippen LogP contribution in [0.25, 0.3) is 11.1 Å². The standard InChI is InChI=1S/C38H43N5O3S/c1-5-36(44)39-32-21-26(14-15-33(32)43-18-16-42(6-2)17-19-43)20-28-22-29(24-41(4)38(28)46)30-11-9-12-31(25(30)3)40-37(45)35-23-27-10-7-8-13-34(27)47-35/h5,9,11-12,14-15,21-24H,1,6-8,10,13,16-20H2,2-4H3,(H,39,44)(H,40,45). The topological polar surface area (TPSA) is 86.7 Å². The Hall–Kier alpha value is -4.47. The van der Waals surface area contributed by atoms with Crippen LogP contribution in [-0.2, 0) is 31.1 Å². The van der Waals surface area contributed by atoms with E-state index in [1.165, 1.54) is 29.4 Å². The Morgan fingerprint density at radius 1 is 0.979 bits per heavy atom. The molecule has 2 aliphatic rings. The smallest absolute Gasteiger partial charge is 0.265 e. The van der Waals surface area contributed by atoms with Crippen molar-refractivity contribution in [3.63, 3.8) is 0 Å². The zero-order chi connectivity index (χ0) is 33.1. The highest BCUT2D eigenvalue weighted by molar-refractivity contribution is 7.14. The lowest BCUT2D eigenvalue weighted by Gasteiger charge is -2.36. The molecule has 0 radical (unpaired) electrons. The van der Waals surface area contributed by atoms with Gasteiger partial charge in [0.1, 0.15) is 0 Å². The number of piperazine rings is 1. The van der Waals surface area contributed by atoms with E-state index in [0.29, 0.717) is 12.0 Å².